The normalized spacial score (nSPS) is 28.2. The van der Waals surface area contributed by atoms with Crippen LogP contribution in [0.4, 0.5) is 0 Å². The van der Waals surface area contributed by atoms with Crippen LogP contribution >= 0.6 is 15.9 Å². The van der Waals surface area contributed by atoms with Crippen molar-refractivity contribution in [1.29, 1.82) is 0 Å². The summed E-state index contributed by atoms with van der Waals surface area (Å²) in [6.45, 7) is 13.3. The molecule has 3 saturated heterocycles. The van der Waals surface area contributed by atoms with Crippen molar-refractivity contribution >= 4 is 39.6 Å². The number of aliphatic hydroxyl groups is 1. The molecular formula is C35H48BrN3O7. The van der Waals surface area contributed by atoms with E-state index in [2.05, 4.69) is 41.3 Å². The van der Waals surface area contributed by atoms with Gasteiger partial charge in [0.1, 0.15) is 18.2 Å². The molecule has 1 aromatic carbocycles. The number of aliphatic hydroxyl groups excluding tert-OH is 1. The molecule has 3 aliphatic heterocycles. The highest BCUT2D eigenvalue weighted by Crippen LogP contribution is 2.60. The van der Waals surface area contributed by atoms with Gasteiger partial charge in [-0.15, -0.1) is 13.2 Å². The number of likely N-dealkylation sites (tertiary alicyclic amines) is 1. The molecule has 3 aliphatic rings. The molecule has 1 aromatic rings. The van der Waals surface area contributed by atoms with E-state index in [9.17, 15) is 24.3 Å². The molecule has 4 rings (SSSR count). The Morgan fingerprint density at radius 3 is 2.57 bits per heavy atom. The number of esters is 1. The number of alkyl halides is 1. The first-order valence-electron chi connectivity index (χ1n) is 16.4. The molecular weight excluding hydrogens is 654 g/mol. The van der Waals surface area contributed by atoms with E-state index in [-0.39, 0.29) is 42.3 Å². The van der Waals surface area contributed by atoms with E-state index in [1.807, 2.05) is 44.2 Å². The van der Waals surface area contributed by atoms with Crippen LogP contribution in [0.25, 0.3) is 0 Å². The molecule has 11 heteroatoms. The molecule has 9 atom stereocenters. The Bertz CT molecular complexity index is 1270. The van der Waals surface area contributed by atoms with E-state index >= 15 is 0 Å². The number of carbonyl (C=O) groups is 4. The van der Waals surface area contributed by atoms with Crippen molar-refractivity contribution in [2.75, 3.05) is 19.8 Å². The Labute approximate surface area is 280 Å². The maximum atomic E-state index is 14.6. The molecule has 3 amide bonds. The topological polar surface area (TPSA) is 125 Å². The minimum atomic E-state index is -1.26. The third-order valence-corrected chi connectivity index (χ3v) is 10.5. The van der Waals surface area contributed by atoms with Gasteiger partial charge >= 0.3 is 5.97 Å². The maximum absolute atomic E-state index is 14.6. The highest BCUT2D eigenvalue weighted by atomic mass is 79.9. The third kappa shape index (κ3) is 6.82. The lowest BCUT2D eigenvalue weighted by molar-refractivity contribution is -0.152. The highest BCUT2D eigenvalue weighted by molar-refractivity contribution is 9.09. The van der Waals surface area contributed by atoms with Crippen molar-refractivity contribution < 1.29 is 33.8 Å². The van der Waals surface area contributed by atoms with Gasteiger partial charge < -0.3 is 29.7 Å². The zero-order valence-corrected chi connectivity index (χ0v) is 28.7. The van der Waals surface area contributed by atoms with E-state index in [4.69, 9.17) is 9.47 Å². The van der Waals surface area contributed by atoms with Crippen molar-refractivity contribution in [3.8, 4) is 0 Å². The molecule has 0 saturated carbocycles. The fourth-order valence-electron chi connectivity index (χ4n) is 7.45. The zero-order valence-electron chi connectivity index (χ0n) is 27.1. The largest absolute Gasteiger partial charge is 0.463 e. The van der Waals surface area contributed by atoms with Gasteiger partial charge in [-0.25, -0.2) is 0 Å². The van der Waals surface area contributed by atoms with Crippen LogP contribution in [0.5, 0.6) is 0 Å². The number of nitrogens with one attached hydrogen (secondary N) is 1. The number of ether oxygens (including phenoxy) is 2. The molecule has 3 fully saturated rings. The van der Waals surface area contributed by atoms with E-state index in [0.717, 1.165) is 18.4 Å². The summed E-state index contributed by atoms with van der Waals surface area (Å²) >= 11 is 3.73. The minimum absolute atomic E-state index is 0.0903. The van der Waals surface area contributed by atoms with Crippen LogP contribution in [-0.4, -0.2) is 93.0 Å². The second-order valence-electron chi connectivity index (χ2n) is 12.6. The zero-order chi connectivity index (χ0) is 33.6. The van der Waals surface area contributed by atoms with Crippen LogP contribution in [-0.2, 0) is 28.7 Å². The summed E-state index contributed by atoms with van der Waals surface area (Å²) in [5.41, 5.74) is -0.521. The number of benzene rings is 1. The lowest BCUT2D eigenvalue weighted by Crippen LogP contribution is -2.60. The lowest BCUT2D eigenvalue weighted by Gasteiger charge is -2.41. The molecule has 0 radical (unpaired) electrons. The van der Waals surface area contributed by atoms with Crippen LogP contribution in [0.2, 0.25) is 0 Å². The quantitative estimate of drug-likeness (QED) is 0.143. The van der Waals surface area contributed by atoms with Gasteiger partial charge in [0.25, 0.3) is 0 Å². The van der Waals surface area contributed by atoms with Crippen LogP contribution in [0.3, 0.4) is 0 Å². The number of carbonyl (C=O) groups excluding carboxylic acids is 4. The molecule has 2 unspecified atom stereocenters. The Morgan fingerprint density at radius 1 is 1.24 bits per heavy atom. The second kappa shape index (κ2) is 15.7. The van der Waals surface area contributed by atoms with Gasteiger partial charge in [-0.05, 0) is 38.2 Å². The fourth-order valence-corrected chi connectivity index (χ4v) is 8.40. The van der Waals surface area contributed by atoms with Gasteiger partial charge in [0, 0.05) is 23.8 Å². The number of halogens is 1. The molecule has 252 valence electrons. The average Bonchev–Trinajstić information content (AvgIpc) is 3.65. The summed E-state index contributed by atoms with van der Waals surface area (Å²) in [6.07, 6.45) is 5.73. The van der Waals surface area contributed by atoms with Crippen molar-refractivity contribution in [3.63, 3.8) is 0 Å². The Morgan fingerprint density at radius 2 is 1.96 bits per heavy atom. The Balaban J connectivity index is 1.70. The average molecular weight is 703 g/mol. The molecule has 10 nitrogen and oxygen atoms in total. The monoisotopic (exact) mass is 701 g/mol. The summed E-state index contributed by atoms with van der Waals surface area (Å²) < 4.78 is 12.2. The predicted octanol–water partition coefficient (Wildman–Crippen LogP) is 4.08. The molecule has 1 spiro atoms. The van der Waals surface area contributed by atoms with Crippen LogP contribution < -0.4 is 5.32 Å². The molecule has 0 aliphatic carbocycles. The number of allylic oxidation sites excluding steroid dienone is 1. The number of hydrogen-bond donors (Lipinski definition) is 2. The molecule has 46 heavy (non-hydrogen) atoms. The first kappa shape index (κ1) is 35.8. The molecule has 2 bridgehead atoms. The number of rotatable bonds is 17. The first-order valence-corrected chi connectivity index (χ1v) is 17.3. The van der Waals surface area contributed by atoms with Gasteiger partial charge in [-0.3, -0.25) is 19.2 Å². The van der Waals surface area contributed by atoms with Crippen molar-refractivity contribution in [1.82, 2.24) is 15.1 Å². The molecule has 0 aromatic heterocycles. The van der Waals surface area contributed by atoms with Crippen LogP contribution in [0.1, 0.15) is 70.9 Å². The number of amides is 3. The lowest BCUT2D eigenvalue weighted by atomic mass is 9.70. The Kier molecular flexibility index (Phi) is 12.2. The summed E-state index contributed by atoms with van der Waals surface area (Å²) in [5.74, 6) is -3.30. The van der Waals surface area contributed by atoms with E-state index in [1.54, 1.807) is 17.1 Å². The summed E-state index contributed by atoms with van der Waals surface area (Å²) in [7, 11) is 0. The second-order valence-corrected chi connectivity index (χ2v) is 13.7. The highest BCUT2D eigenvalue weighted by Gasteiger charge is 2.77. The van der Waals surface area contributed by atoms with Gasteiger partial charge in [0.15, 0.2) is 0 Å². The summed E-state index contributed by atoms with van der Waals surface area (Å²) in [4.78, 5) is 58.7. The number of nitrogens with zero attached hydrogens (tertiary/aromatic N) is 2. The first-order chi connectivity index (χ1) is 22.1. The van der Waals surface area contributed by atoms with Crippen LogP contribution in [0, 0.1) is 11.8 Å². The number of fused-ring (bicyclic) bond motifs is 1. The van der Waals surface area contributed by atoms with Gasteiger partial charge in [0.05, 0.1) is 36.6 Å². The predicted molar refractivity (Wildman–Crippen MR) is 178 cm³/mol. The van der Waals surface area contributed by atoms with Crippen molar-refractivity contribution in [2.24, 2.45) is 11.8 Å². The van der Waals surface area contributed by atoms with E-state index < -0.39 is 53.5 Å². The van der Waals surface area contributed by atoms with E-state index in [0.29, 0.717) is 25.8 Å². The third-order valence-electron chi connectivity index (χ3n) is 9.67. The van der Waals surface area contributed by atoms with Gasteiger partial charge in [-0.2, -0.15) is 0 Å². The summed E-state index contributed by atoms with van der Waals surface area (Å²) in [6, 6.07) is 6.77. The molecule has 3 heterocycles. The Hall–Kier alpha value is -3.02. The minimum Gasteiger partial charge on any atom is -0.463 e. The van der Waals surface area contributed by atoms with Crippen molar-refractivity contribution in [2.45, 2.75) is 100.0 Å². The smallest absolute Gasteiger partial charge is 0.306 e. The van der Waals surface area contributed by atoms with E-state index in [1.165, 1.54) is 4.90 Å². The fraction of sp³-hybridized carbons (Fsp3) is 0.600. The van der Waals surface area contributed by atoms with Crippen molar-refractivity contribution in [3.05, 3.63) is 61.2 Å². The molecule has 2 N–H and O–H groups in total. The maximum Gasteiger partial charge on any atom is 0.306 e. The van der Waals surface area contributed by atoms with Gasteiger partial charge in [-0.1, -0.05) is 78.7 Å². The summed E-state index contributed by atoms with van der Waals surface area (Å²) in [5, 5.41) is 13.4. The van der Waals surface area contributed by atoms with Gasteiger partial charge in [0.2, 0.25) is 17.7 Å². The SMILES string of the molecule is C=CCCC(=O)OC[C@@H](NC(=O)[C@H]1[C@@H]2O[C@@]3(CC2Br)[C@@H]1C(=O)N([C@@H](CC)CO)[C@@H]3C(=O)N(CC=C)C(C)CCC)c1ccccc1. The van der Waals surface area contributed by atoms with Crippen LogP contribution in [0.15, 0.2) is 55.6 Å². The standard InChI is InChI=1S/C35H48BrN3O7/c1-6-10-17-27(41)45-21-26(23-15-12-11-13-16-23)37-32(42)28-29-33(43)39(24(9-4)20-40)31(35(29)19-25(36)30(28)46-35)34(44)38(18-8-3)22(5)14-7-2/h6,8,11-13,15-16,22,24-26,28-31,40H,1,3,7,9-10,14,17-21H2,2,4-5H3,(H,37,42)/t22?,24-,25?,26+,28+,29-,30+,31+,35-/m0/s1. The number of hydrogen-bond acceptors (Lipinski definition) is 7.